The number of rotatable bonds is 5. The predicted octanol–water partition coefficient (Wildman–Crippen LogP) is 0.497. The Kier molecular flexibility index (Phi) is 4.46. The van der Waals surface area contributed by atoms with Gasteiger partial charge in [-0.1, -0.05) is 0 Å². The van der Waals surface area contributed by atoms with Crippen molar-refractivity contribution in [1.29, 1.82) is 0 Å². The van der Waals surface area contributed by atoms with Gasteiger partial charge < -0.3 is 15.7 Å². The van der Waals surface area contributed by atoms with Crippen LogP contribution in [0.1, 0.15) is 36.7 Å². The zero-order chi connectivity index (χ0) is 15.4. The van der Waals surface area contributed by atoms with E-state index in [1.165, 1.54) is 17.8 Å². The maximum atomic E-state index is 12.1. The van der Waals surface area contributed by atoms with Gasteiger partial charge in [0.25, 0.3) is 11.8 Å². The lowest BCUT2D eigenvalue weighted by molar-refractivity contribution is -0.118. The second-order valence-corrected chi connectivity index (χ2v) is 5.01. The van der Waals surface area contributed by atoms with Crippen molar-refractivity contribution in [2.75, 3.05) is 5.43 Å². The van der Waals surface area contributed by atoms with Crippen molar-refractivity contribution >= 4 is 17.9 Å². The fourth-order valence-corrected chi connectivity index (χ4v) is 1.94. The van der Waals surface area contributed by atoms with E-state index in [1.807, 2.05) is 5.32 Å². The molecule has 4 N–H and O–H groups in total. The van der Waals surface area contributed by atoms with Crippen molar-refractivity contribution in [3.8, 4) is 0 Å². The molecule has 21 heavy (non-hydrogen) atoms. The average Bonchev–Trinajstić information content (AvgIpc) is 2.80. The number of aromatic nitrogens is 1. The fraction of sp³-hybridized carbons (Fsp3) is 0.462. The molecular formula is C13H18N4O4. The lowest BCUT2D eigenvalue weighted by Gasteiger charge is -2.26. The van der Waals surface area contributed by atoms with Crippen molar-refractivity contribution in [3.63, 3.8) is 0 Å². The lowest BCUT2D eigenvalue weighted by atomic mass is 9.93. The molecule has 1 aliphatic rings. The molecule has 1 atom stereocenters. The molecule has 0 aromatic carbocycles. The van der Waals surface area contributed by atoms with E-state index < -0.39 is 18.0 Å². The number of amides is 3. The molecule has 2 rings (SSSR count). The van der Waals surface area contributed by atoms with Crippen molar-refractivity contribution in [1.82, 2.24) is 15.3 Å². The van der Waals surface area contributed by atoms with Crippen molar-refractivity contribution < 1.29 is 19.5 Å². The zero-order valence-electron chi connectivity index (χ0n) is 11.6. The first kappa shape index (κ1) is 14.9. The summed E-state index contributed by atoms with van der Waals surface area (Å²) in [5.41, 5.74) is 2.78. The molecule has 0 aliphatic heterocycles. The Hall–Kier alpha value is -2.51. The third-order valence-electron chi connectivity index (χ3n) is 3.39. The summed E-state index contributed by atoms with van der Waals surface area (Å²) in [5, 5.41) is 13.5. The Balaban J connectivity index is 1.97. The number of nitrogens with one attached hydrogen (secondary N) is 3. The smallest absolute Gasteiger partial charge is 0.405 e. The van der Waals surface area contributed by atoms with E-state index in [9.17, 15) is 14.4 Å². The number of carbonyl (C=O) groups is 3. The topological polar surface area (TPSA) is 112 Å². The molecule has 1 saturated carbocycles. The Labute approximate surface area is 121 Å². The van der Waals surface area contributed by atoms with Gasteiger partial charge in [-0.3, -0.25) is 19.7 Å². The molecule has 0 radical (unpaired) electrons. The first-order valence-electron chi connectivity index (χ1n) is 6.76. The first-order chi connectivity index (χ1) is 9.97. The van der Waals surface area contributed by atoms with Crippen LogP contribution in [-0.2, 0) is 4.79 Å². The minimum atomic E-state index is -1.28. The molecule has 1 aromatic heterocycles. The Morgan fingerprint density at radius 1 is 1.38 bits per heavy atom. The molecule has 1 aromatic rings. The Bertz CT molecular complexity index is 550. The Morgan fingerprint density at radius 2 is 2.10 bits per heavy atom. The highest BCUT2D eigenvalue weighted by Gasteiger charge is 2.22. The summed E-state index contributed by atoms with van der Waals surface area (Å²) in [6.07, 6.45) is 3.30. The summed E-state index contributed by atoms with van der Waals surface area (Å²) in [4.78, 5) is 34.4. The van der Waals surface area contributed by atoms with Crippen molar-refractivity contribution in [3.05, 3.63) is 24.0 Å². The second-order valence-electron chi connectivity index (χ2n) is 5.01. The SMILES string of the molecule is CC(NC(=O)O)C(=O)Nn1cccc1C(=O)NC1CCC1. The molecule has 8 nitrogen and oxygen atoms in total. The summed E-state index contributed by atoms with van der Waals surface area (Å²) in [6, 6.07) is 2.49. The average molecular weight is 294 g/mol. The van der Waals surface area contributed by atoms with Crippen LogP contribution >= 0.6 is 0 Å². The molecule has 3 amide bonds. The highest BCUT2D eigenvalue weighted by atomic mass is 16.4. The van der Waals surface area contributed by atoms with Crippen LogP contribution in [0, 0.1) is 0 Å². The van der Waals surface area contributed by atoms with Crippen LogP contribution in [0.2, 0.25) is 0 Å². The van der Waals surface area contributed by atoms with Gasteiger partial charge in [0.15, 0.2) is 0 Å². The third kappa shape index (κ3) is 3.74. The number of hydrogen-bond donors (Lipinski definition) is 4. The summed E-state index contributed by atoms with van der Waals surface area (Å²) in [5.74, 6) is -0.810. The minimum Gasteiger partial charge on any atom is -0.465 e. The van der Waals surface area contributed by atoms with Crippen LogP contribution in [0.25, 0.3) is 0 Å². The van der Waals surface area contributed by atoms with E-state index in [1.54, 1.807) is 12.1 Å². The van der Waals surface area contributed by atoms with Gasteiger partial charge in [-0.15, -0.1) is 0 Å². The maximum absolute atomic E-state index is 12.1. The summed E-state index contributed by atoms with van der Waals surface area (Å²) in [6.45, 7) is 1.42. The monoisotopic (exact) mass is 294 g/mol. The number of carbonyl (C=O) groups excluding carboxylic acids is 2. The van der Waals surface area contributed by atoms with Gasteiger partial charge in [-0.05, 0) is 38.3 Å². The van der Waals surface area contributed by atoms with E-state index in [2.05, 4.69) is 10.7 Å². The van der Waals surface area contributed by atoms with Gasteiger partial charge in [0, 0.05) is 12.2 Å². The van der Waals surface area contributed by atoms with Gasteiger partial charge in [-0.2, -0.15) is 0 Å². The lowest BCUT2D eigenvalue weighted by Crippen LogP contribution is -2.45. The largest absolute Gasteiger partial charge is 0.465 e. The second kappa shape index (κ2) is 6.29. The van der Waals surface area contributed by atoms with Crippen LogP contribution in [0.4, 0.5) is 4.79 Å². The molecule has 0 bridgehead atoms. The predicted molar refractivity (Wildman–Crippen MR) is 74.5 cm³/mol. The summed E-state index contributed by atoms with van der Waals surface area (Å²) < 4.78 is 1.29. The maximum Gasteiger partial charge on any atom is 0.405 e. The third-order valence-corrected chi connectivity index (χ3v) is 3.39. The fourth-order valence-electron chi connectivity index (χ4n) is 1.94. The van der Waals surface area contributed by atoms with Gasteiger partial charge >= 0.3 is 6.09 Å². The van der Waals surface area contributed by atoms with Crippen LogP contribution in [0.15, 0.2) is 18.3 Å². The quantitative estimate of drug-likeness (QED) is 0.633. The van der Waals surface area contributed by atoms with Gasteiger partial charge in [0.1, 0.15) is 11.7 Å². The molecule has 0 spiro atoms. The van der Waals surface area contributed by atoms with E-state index in [-0.39, 0.29) is 11.9 Å². The van der Waals surface area contributed by atoms with Crippen molar-refractivity contribution in [2.24, 2.45) is 0 Å². The molecule has 1 fully saturated rings. The standard InChI is InChI=1S/C13H18N4O4/c1-8(14-13(20)21)11(18)16-17-7-3-6-10(17)12(19)15-9-4-2-5-9/h3,6-9,14H,2,4-5H2,1H3,(H,15,19)(H,16,18)(H,20,21). The van der Waals surface area contributed by atoms with E-state index in [4.69, 9.17) is 5.11 Å². The van der Waals surface area contributed by atoms with E-state index in [0.717, 1.165) is 19.3 Å². The van der Waals surface area contributed by atoms with E-state index >= 15 is 0 Å². The zero-order valence-corrected chi connectivity index (χ0v) is 11.6. The number of hydrogen-bond acceptors (Lipinski definition) is 3. The molecule has 1 unspecified atom stereocenters. The summed E-state index contributed by atoms with van der Waals surface area (Å²) in [7, 11) is 0. The Morgan fingerprint density at radius 3 is 2.67 bits per heavy atom. The van der Waals surface area contributed by atoms with Gasteiger partial charge in [0.2, 0.25) is 0 Å². The van der Waals surface area contributed by atoms with Crippen LogP contribution < -0.4 is 16.1 Å². The molecule has 8 heteroatoms. The normalized spacial score (nSPS) is 15.7. The molecule has 1 heterocycles. The number of carboxylic acid groups (broad SMARTS) is 1. The van der Waals surface area contributed by atoms with Gasteiger partial charge in [-0.25, -0.2) is 4.79 Å². The minimum absolute atomic E-state index is 0.198. The molecule has 1 aliphatic carbocycles. The molecule has 0 saturated heterocycles. The summed E-state index contributed by atoms with van der Waals surface area (Å²) >= 11 is 0. The number of nitrogens with zero attached hydrogens (tertiary/aromatic N) is 1. The van der Waals surface area contributed by atoms with Crippen LogP contribution in [0.3, 0.4) is 0 Å². The van der Waals surface area contributed by atoms with Crippen molar-refractivity contribution in [2.45, 2.75) is 38.3 Å². The molecule has 114 valence electrons. The van der Waals surface area contributed by atoms with Crippen LogP contribution in [0.5, 0.6) is 0 Å². The highest BCUT2D eigenvalue weighted by molar-refractivity contribution is 5.95. The van der Waals surface area contributed by atoms with Gasteiger partial charge in [0.05, 0.1) is 0 Å². The van der Waals surface area contributed by atoms with Crippen LogP contribution in [-0.4, -0.2) is 39.8 Å². The highest BCUT2D eigenvalue weighted by Crippen LogP contribution is 2.18. The first-order valence-corrected chi connectivity index (χ1v) is 6.76. The molecular weight excluding hydrogens is 276 g/mol. The van der Waals surface area contributed by atoms with E-state index in [0.29, 0.717) is 5.69 Å².